The minimum absolute atomic E-state index is 0.0784. The van der Waals surface area contributed by atoms with Crippen LogP contribution in [0.4, 0.5) is 0 Å². The topological polar surface area (TPSA) is 82.8 Å². The van der Waals surface area contributed by atoms with Crippen LogP contribution in [0.2, 0.25) is 0 Å². The first kappa shape index (κ1) is 22.6. The Morgan fingerprint density at radius 2 is 1.96 bits per heavy atom. The molecule has 0 aromatic heterocycles. The SMILES string of the molecule is CCNC(=NCCCCN1CCC(C(N)=O)CC1)NCCSc1ccccc1. The van der Waals surface area contributed by atoms with Crippen LogP contribution >= 0.6 is 11.8 Å². The van der Waals surface area contributed by atoms with Gasteiger partial charge in [0, 0.05) is 36.2 Å². The van der Waals surface area contributed by atoms with E-state index in [1.807, 2.05) is 17.8 Å². The van der Waals surface area contributed by atoms with Gasteiger partial charge in [-0.1, -0.05) is 18.2 Å². The van der Waals surface area contributed by atoms with Crippen molar-refractivity contribution in [1.82, 2.24) is 15.5 Å². The third-order valence-corrected chi connectivity index (χ3v) is 5.91. The molecule has 6 nitrogen and oxygen atoms in total. The first-order valence-corrected chi connectivity index (χ1v) is 11.4. The van der Waals surface area contributed by atoms with Crippen LogP contribution in [0.25, 0.3) is 0 Å². The Balaban J connectivity index is 1.57. The van der Waals surface area contributed by atoms with Crippen LogP contribution in [-0.4, -0.2) is 61.8 Å². The van der Waals surface area contributed by atoms with Gasteiger partial charge in [0.25, 0.3) is 0 Å². The zero-order valence-electron chi connectivity index (χ0n) is 17.0. The van der Waals surface area contributed by atoms with Crippen LogP contribution < -0.4 is 16.4 Å². The lowest BCUT2D eigenvalue weighted by Crippen LogP contribution is -2.39. The summed E-state index contributed by atoms with van der Waals surface area (Å²) in [4.78, 5) is 19.6. The maximum absolute atomic E-state index is 11.2. The summed E-state index contributed by atoms with van der Waals surface area (Å²) in [5, 5.41) is 6.72. The third kappa shape index (κ3) is 8.97. The van der Waals surface area contributed by atoms with Crippen molar-refractivity contribution in [3.63, 3.8) is 0 Å². The number of carbonyl (C=O) groups is 1. The zero-order chi connectivity index (χ0) is 20.0. The second-order valence-electron chi connectivity index (χ2n) is 7.07. The quantitative estimate of drug-likeness (QED) is 0.228. The molecule has 0 bridgehead atoms. The molecule has 1 aromatic rings. The fourth-order valence-corrected chi connectivity index (χ4v) is 4.07. The number of nitrogens with zero attached hydrogens (tertiary/aromatic N) is 2. The standard InChI is InChI=1S/C21H35N5OS/c1-2-23-21(25-13-17-28-19-8-4-3-5-9-19)24-12-6-7-14-26-15-10-18(11-16-26)20(22)27/h3-5,8-9,18H,2,6-7,10-17H2,1H3,(H2,22,27)(H2,23,24,25). The molecule has 1 aliphatic rings. The second kappa shape index (κ2) is 13.4. The first-order chi connectivity index (χ1) is 13.7. The van der Waals surface area contributed by atoms with Gasteiger partial charge < -0.3 is 21.3 Å². The number of thioether (sulfide) groups is 1. The van der Waals surface area contributed by atoms with Crippen molar-refractivity contribution in [3.8, 4) is 0 Å². The molecular weight excluding hydrogens is 370 g/mol. The summed E-state index contributed by atoms with van der Waals surface area (Å²) < 4.78 is 0. The van der Waals surface area contributed by atoms with E-state index >= 15 is 0 Å². The molecule has 4 N–H and O–H groups in total. The fourth-order valence-electron chi connectivity index (χ4n) is 3.28. The van der Waals surface area contributed by atoms with Gasteiger partial charge in [0.2, 0.25) is 5.91 Å². The number of primary amides is 1. The molecule has 0 spiro atoms. The number of hydrogen-bond acceptors (Lipinski definition) is 4. The minimum Gasteiger partial charge on any atom is -0.369 e. The molecule has 1 amide bonds. The van der Waals surface area contributed by atoms with Crippen LogP contribution in [-0.2, 0) is 4.79 Å². The Morgan fingerprint density at radius 1 is 1.21 bits per heavy atom. The Morgan fingerprint density at radius 3 is 2.64 bits per heavy atom. The summed E-state index contributed by atoms with van der Waals surface area (Å²) in [6.07, 6.45) is 4.02. The fraction of sp³-hybridized carbons (Fsp3) is 0.619. The van der Waals surface area contributed by atoms with Crippen molar-refractivity contribution >= 4 is 23.6 Å². The molecule has 1 heterocycles. The molecule has 0 saturated carbocycles. The summed E-state index contributed by atoms with van der Waals surface area (Å²) in [5.41, 5.74) is 5.39. The lowest BCUT2D eigenvalue weighted by molar-refractivity contribution is -0.123. The Labute approximate surface area is 173 Å². The van der Waals surface area contributed by atoms with Crippen molar-refractivity contribution in [1.29, 1.82) is 0 Å². The van der Waals surface area contributed by atoms with Crippen molar-refractivity contribution in [2.24, 2.45) is 16.6 Å². The van der Waals surface area contributed by atoms with Gasteiger partial charge in [-0.3, -0.25) is 9.79 Å². The number of hydrogen-bond donors (Lipinski definition) is 3. The van der Waals surface area contributed by atoms with Gasteiger partial charge in [-0.15, -0.1) is 11.8 Å². The predicted molar refractivity (Wildman–Crippen MR) is 119 cm³/mol. The van der Waals surface area contributed by atoms with Crippen molar-refractivity contribution in [2.75, 3.05) is 45.0 Å². The van der Waals surface area contributed by atoms with Crippen LogP contribution in [0.5, 0.6) is 0 Å². The predicted octanol–water partition coefficient (Wildman–Crippen LogP) is 2.31. The molecule has 0 unspecified atom stereocenters. The maximum atomic E-state index is 11.2. The van der Waals surface area contributed by atoms with Gasteiger partial charge >= 0.3 is 0 Å². The van der Waals surface area contributed by atoms with E-state index in [9.17, 15) is 4.79 Å². The molecule has 0 atom stereocenters. The van der Waals surface area contributed by atoms with E-state index in [1.54, 1.807) is 0 Å². The zero-order valence-corrected chi connectivity index (χ0v) is 17.8. The number of rotatable bonds is 11. The summed E-state index contributed by atoms with van der Waals surface area (Å²) >= 11 is 1.85. The number of piperidine rings is 1. The Bertz CT molecular complexity index is 588. The van der Waals surface area contributed by atoms with Crippen LogP contribution in [0.1, 0.15) is 32.6 Å². The number of likely N-dealkylation sites (tertiary alicyclic amines) is 1. The average molecular weight is 406 g/mol. The summed E-state index contributed by atoms with van der Waals surface area (Å²) in [5.74, 6) is 1.85. The number of guanidine groups is 1. The molecule has 156 valence electrons. The van der Waals surface area contributed by atoms with Gasteiger partial charge in [-0.2, -0.15) is 0 Å². The number of amides is 1. The molecule has 1 aliphatic heterocycles. The van der Waals surface area contributed by atoms with Crippen molar-refractivity contribution < 1.29 is 4.79 Å². The van der Waals surface area contributed by atoms with Gasteiger partial charge in [0.15, 0.2) is 5.96 Å². The first-order valence-electron chi connectivity index (χ1n) is 10.4. The highest BCUT2D eigenvalue weighted by atomic mass is 32.2. The molecule has 0 aliphatic carbocycles. The largest absolute Gasteiger partial charge is 0.369 e. The van der Waals surface area contributed by atoms with Gasteiger partial charge in [-0.05, 0) is 64.4 Å². The molecule has 1 aromatic carbocycles. The summed E-state index contributed by atoms with van der Waals surface area (Å²) in [6, 6.07) is 10.5. The third-order valence-electron chi connectivity index (χ3n) is 4.89. The number of nitrogens with one attached hydrogen (secondary N) is 2. The lowest BCUT2D eigenvalue weighted by Gasteiger charge is -2.30. The van der Waals surface area contributed by atoms with Gasteiger partial charge in [0.1, 0.15) is 0 Å². The van der Waals surface area contributed by atoms with Crippen LogP contribution in [0, 0.1) is 5.92 Å². The van der Waals surface area contributed by atoms with E-state index < -0.39 is 0 Å². The highest BCUT2D eigenvalue weighted by molar-refractivity contribution is 7.99. The number of nitrogens with two attached hydrogens (primary N) is 1. The van der Waals surface area contributed by atoms with E-state index in [0.717, 1.165) is 76.7 Å². The number of carbonyl (C=O) groups excluding carboxylic acids is 1. The minimum atomic E-state index is -0.139. The summed E-state index contributed by atoms with van der Waals surface area (Å²) in [7, 11) is 0. The lowest BCUT2D eigenvalue weighted by atomic mass is 9.96. The van der Waals surface area contributed by atoms with Crippen LogP contribution in [0.3, 0.4) is 0 Å². The van der Waals surface area contributed by atoms with Crippen molar-refractivity contribution in [3.05, 3.63) is 30.3 Å². The monoisotopic (exact) mass is 405 g/mol. The van der Waals surface area contributed by atoms with Crippen LogP contribution in [0.15, 0.2) is 40.2 Å². The molecule has 1 saturated heterocycles. The number of unbranched alkanes of at least 4 members (excludes halogenated alkanes) is 1. The Kier molecular flexibility index (Phi) is 10.8. The van der Waals surface area contributed by atoms with E-state index in [1.165, 1.54) is 4.90 Å². The normalized spacial score (nSPS) is 16.1. The van der Waals surface area contributed by atoms with E-state index in [2.05, 4.69) is 51.7 Å². The number of benzene rings is 1. The molecule has 28 heavy (non-hydrogen) atoms. The summed E-state index contributed by atoms with van der Waals surface area (Å²) in [6.45, 7) is 7.73. The smallest absolute Gasteiger partial charge is 0.220 e. The molecule has 1 fully saturated rings. The average Bonchev–Trinajstić information content (AvgIpc) is 2.72. The van der Waals surface area contributed by atoms with Gasteiger partial charge in [0.05, 0.1) is 0 Å². The highest BCUT2D eigenvalue weighted by Gasteiger charge is 2.22. The molecule has 0 radical (unpaired) electrons. The molecule has 2 rings (SSSR count). The maximum Gasteiger partial charge on any atom is 0.220 e. The highest BCUT2D eigenvalue weighted by Crippen LogP contribution is 2.17. The molecule has 7 heteroatoms. The van der Waals surface area contributed by atoms with E-state index in [-0.39, 0.29) is 11.8 Å². The van der Waals surface area contributed by atoms with E-state index in [0.29, 0.717) is 0 Å². The van der Waals surface area contributed by atoms with Gasteiger partial charge in [-0.25, -0.2) is 0 Å². The Hall–Kier alpha value is -1.73. The number of aliphatic imine (C=N–C) groups is 1. The van der Waals surface area contributed by atoms with Crippen molar-refractivity contribution in [2.45, 2.75) is 37.5 Å². The van der Waals surface area contributed by atoms with E-state index in [4.69, 9.17) is 5.73 Å². The molecular formula is C21H35N5OS. The second-order valence-corrected chi connectivity index (χ2v) is 8.24.